The maximum absolute atomic E-state index is 12.6. The van der Waals surface area contributed by atoms with E-state index < -0.39 is 0 Å². The van der Waals surface area contributed by atoms with Crippen LogP contribution < -0.4 is 0 Å². The minimum atomic E-state index is 0.0231. The first-order valence-corrected chi connectivity index (χ1v) is 7.95. The first kappa shape index (κ1) is 12.8. The van der Waals surface area contributed by atoms with Crippen LogP contribution in [0.2, 0.25) is 0 Å². The van der Waals surface area contributed by atoms with Crippen LogP contribution in [0.5, 0.6) is 0 Å². The van der Waals surface area contributed by atoms with E-state index >= 15 is 0 Å². The zero-order valence-electron chi connectivity index (χ0n) is 10.3. The van der Waals surface area contributed by atoms with Crippen LogP contribution in [0.1, 0.15) is 34.9 Å². The summed E-state index contributed by atoms with van der Waals surface area (Å²) in [6.45, 7) is 0.813. The summed E-state index contributed by atoms with van der Waals surface area (Å²) in [5, 5.41) is 4.19. The second kappa shape index (κ2) is 5.43. The van der Waals surface area contributed by atoms with E-state index in [1.54, 1.807) is 17.4 Å². The van der Waals surface area contributed by atoms with Gasteiger partial charge in [0, 0.05) is 6.54 Å². The lowest BCUT2D eigenvalue weighted by molar-refractivity contribution is 0.0729. The van der Waals surface area contributed by atoms with E-state index in [1.165, 1.54) is 5.56 Å². The van der Waals surface area contributed by atoms with Crippen molar-refractivity contribution in [1.29, 1.82) is 0 Å². The van der Waals surface area contributed by atoms with Crippen LogP contribution >= 0.6 is 27.3 Å². The molecule has 0 N–H and O–H groups in total. The van der Waals surface area contributed by atoms with Gasteiger partial charge in [0.25, 0.3) is 5.91 Å². The molecule has 0 aromatic carbocycles. The van der Waals surface area contributed by atoms with E-state index in [1.807, 2.05) is 17.0 Å². The highest BCUT2D eigenvalue weighted by atomic mass is 79.9. The third-order valence-electron chi connectivity index (χ3n) is 3.38. The van der Waals surface area contributed by atoms with Crippen molar-refractivity contribution in [3.05, 3.63) is 50.9 Å². The summed E-state index contributed by atoms with van der Waals surface area (Å²) < 4.78 is 0.699. The van der Waals surface area contributed by atoms with Gasteiger partial charge < -0.3 is 4.90 Å². The normalized spacial score (nSPS) is 18.8. The van der Waals surface area contributed by atoms with E-state index in [9.17, 15) is 4.79 Å². The molecule has 0 spiro atoms. The molecule has 1 aliphatic heterocycles. The van der Waals surface area contributed by atoms with E-state index in [4.69, 9.17) is 0 Å². The quantitative estimate of drug-likeness (QED) is 0.779. The fraction of sp³-hybridized carbons (Fsp3) is 0.286. The number of pyridine rings is 1. The molecule has 3 rings (SSSR count). The topological polar surface area (TPSA) is 33.2 Å². The number of aromatic nitrogens is 1. The predicted octanol–water partition coefficient (Wildman–Crippen LogP) is 3.88. The Morgan fingerprint density at radius 1 is 1.42 bits per heavy atom. The summed E-state index contributed by atoms with van der Waals surface area (Å²) in [7, 11) is 0. The molecule has 98 valence electrons. The van der Waals surface area contributed by atoms with E-state index in [2.05, 4.69) is 37.7 Å². The van der Waals surface area contributed by atoms with Crippen LogP contribution in [0.3, 0.4) is 0 Å². The number of halogens is 1. The van der Waals surface area contributed by atoms with Crippen molar-refractivity contribution >= 4 is 33.2 Å². The third-order valence-corrected chi connectivity index (χ3v) is 4.52. The molecule has 0 saturated carbocycles. The molecular formula is C14H13BrN2OS. The van der Waals surface area contributed by atoms with Gasteiger partial charge in [0.15, 0.2) is 0 Å². The van der Waals surface area contributed by atoms with Crippen LogP contribution in [-0.4, -0.2) is 22.3 Å². The van der Waals surface area contributed by atoms with E-state index in [0.717, 1.165) is 19.4 Å². The zero-order chi connectivity index (χ0) is 13.2. The smallest absolute Gasteiger partial charge is 0.273 e. The van der Waals surface area contributed by atoms with Crippen molar-refractivity contribution in [3.63, 3.8) is 0 Å². The molecule has 1 aliphatic rings. The van der Waals surface area contributed by atoms with E-state index in [0.29, 0.717) is 10.3 Å². The summed E-state index contributed by atoms with van der Waals surface area (Å²) in [5.74, 6) is 0.0231. The number of nitrogens with zero attached hydrogens (tertiary/aromatic N) is 2. The largest absolute Gasteiger partial charge is 0.330 e. The van der Waals surface area contributed by atoms with Crippen molar-refractivity contribution in [2.24, 2.45) is 0 Å². The Balaban J connectivity index is 1.87. The van der Waals surface area contributed by atoms with Crippen molar-refractivity contribution in [1.82, 2.24) is 9.88 Å². The van der Waals surface area contributed by atoms with Crippen LogP contribution in [0.15, 0.2) is 39.6 Å². The summed E-state index contributed by atoms with van der Waals surface area (Å²) in [6.07, 6.45) is 2.09. The molecule has 2 aromatic rings. The number of carbonyl (C=O) groups excluding carboxylic acids is 1. The SMILES string of the molecule is O=C(c1cccc(Br)n1)N1CCCC1c1ccsc1. The maximum Gasteiger partial charge on any atom is 0.273 e. The van der Waals surface area contributed by atoms with Gasteiger partial charge in [-0.3, -0.25) is 4.79 Å². The van der Waals surface area contributed by atoms with Gasteiger partial charge in [-0.05, 0) is 63.3 Å². The van der Waals surface area contributed by atoms with Crippen LogP contribution in [0.4, 0.5) is 0 Å². The lowest BCUT2D eigenvalue weighted by Gasteiger charge is -2.23. The lowest BCUT2D eigenvalue weighted by Crippen LogP contribution is -2.31. The molecule has 1 saturated heterocycles. The average molecular weight is 337 g/mol. The fourth-order valence-corrected chi connectivity index (χ4v) is 3.55. The molecule has 0 bridgehead atoms. The highest BCUT2D eigenvalue weighted by Crippen LogP contribution is 2.33. The molecule has 0 aliphatic carbocycles. The third kappa shape index (κ3) is 2.58. The molecule has 5 heteroatoms. The molecular weight excluding hydrogens is 324 g/mol. The van der Waals surface area contributed by atoms with Crippen molar-refractivity contribution in [2.75, 3.05) is 6.54 Å². The van der Waals surface area contributed by atoms with Gasteiger partial charge in [0.1, 0.15) is 10.3 Å². The number of thiophene rings is 1. The number of rotatable bonds is 2. The summed E-state index contributed by atoms with van der Waals surface area (Å²) in [5.41, 5.74) is 1.75. The molecule has 1 amide bonds. The molecule has 3 nitrogen and oxygen atoms in total. The van der Waals surface area contributed by atoms with Gasteiger partial charge in [0.2, 0.25) is 0 Å². The summed E-state index contributed by atoms with van der Waals surface area (Å²) >= 11 is 4.99. The Kier molecular flexibility index (Phi) is 3.66. The van der Waals surface area contributed by atoms with Gasteiger partial charge >= 0.3 is 0 Å². The van der Waals surface area contributed by atoms with Crippen LogP contribution in [-0.2, 0) is 0 Å². The highest BCUT2D eigenvalue weighted by Gasteiger charge is 2.31. The van der Waals surface area contributed by atoms with Gasteiger partial charge in [-0.2, -0.15) is 11.3 Å². The molecule has 1 atom stereocenters. The Morgan fingerprint density at radius 2 is 2.32 bits per heavy atom. The number of amides is 1. The fourth-order valence-electron chi connectivity index (χ4n) is 2.50. The summed E-state index contributed by atoms with van der Waals surface area (Å²) in [4.78, 5) is 18.8. The number of hydrogen-bond donors (Lipinski definition) is 0. The average Bonchev–Trinajstić information content (AvgIpc) is 3.08. The van der Waals surface area contributed by atoms with Gasteiger partial charge in [-0.1, -0.05) is 6.07 Å². The first-order chi connectivity index (χ1) is 9.25. The number of carbonyl (C=O) groups is 1. The lowest BCUT2D eigenvalue weighted by atomic mass is 10.1. The number of likely N-dealkylation sites (tertiary alicyclic amines) is 1. The Bertz CT molecular complexity index is 585. The predicted molar refractivity (Wildman–Crippen MR) is 79.3 cm³/mol. The van der Waals surface area contributed by atoms with Gasteiger partial charge in [-0.15, -0.1) is 0 Å². The summed E-state index contributed by atoms with van der Waals surface area (Å²) in [6, 6.07) is 7.77. The zero-order valence-corrected chi connectivity index (χ0v) is 12.7. The Labute approximate surface area is 124 Å². The minimum absolute atomic E-state index is 0.0231. The second-order valence-corrected chi connectivity index (χ2v) is 6.15. The molecule has 1 unspecified atom stereocenters. The van der Waals surface area contributed by atoms with Crippen molar-refractivity contribution in [2.45, 2.75) is 18.9 Å². The van der Waals surface area contributed by atoms with Crippen LogP contribution in [0, 0.1) is 0 Å². The molecule has 2 aromatic heterocycles. The minimum Gasteiger partial charge on any atom is -0.330 e. The van der Waals surface area contributed by atoms with Gasteiger partial charge in [-0.25, -0.2) is 4.98 Å². The van der Waals surface area contributed by atoms with Crippen LogP contribution in [0.25, 0.3) is 0 Å². The Morgan fingerprint density at radius 3 is 3.05 bits per heavy atom. The second-order valence-electron chi connectivity index (χ2n) is 4.56. The molecule has 1 fully saturated rings. The number of hydrogen-bond acceptors (Lipinski definition) is 3. The Hall–Kier alpha value is -1.20. The van der Waals surface area contributed by atoms with E-state index in [-0.39, 0.29) is 11.9 Å². The maximum atomic E-state index is 12.6. The van der Waals surface area contributed by atoms with Gasteiger partial charge in [0.05, 0.1) is 6.04 Å². The molecule has 0 radical (unpaired) electrons. The monoisotopic (exact) mass is 336 g/mol. The van der Waals surface area contributed by atoms with Crippen molar-refractivity contribution in [3.8, 4) is 0 Å². The van der Waals surface area contributed by atoms with Crippen molar-refractivity contribution < 1.29 is 4.79 Å². The first-order valence-electron chi connectivity index (χ1n) is 6.21. The molecule has 19 heavy (non-hydrogen) atoms. The standard InChI is InChI=1S/C14H13BrN2OS/c15-13-5-1-3-11(16-13)14(18)17-7-2-4-12(17)10-6-8-19-9-10/h1,3,5-6,8-9,12H,2,4,7H2. The highest BCUT2D eigenvalue weighted by molar-refractivity contribution is 9.10. The molecule has 3 heterocycles.